The molecule has 3 aliphatic rings. The van der Waals surface area contributed by atoms with Gasteiger partial charge in [0.15, 0.2) is 0 Å². The van der Waals surface area contributed by atoms with Crippen LogP contribution in [-0.4, -0.2) is 25.4 Å². The van der Waals surface area contributed by atoms with Gasteiger partial charge in [0.1, 0.15) is 24.4 Å². The van der Waals surface area contributed by atoms with E-state index >= 15 is 0 Å². The van der Waals surface area contributed by atoms with Crippen molar-refractivity contribution in [3.63, 3.8) is 0 Å². The van der Waals surface area contributed by atoms with Crippen molar-refractivity contribution >= 4 is 10.8 Å². The van der Waals surface area contributed by atoms with Crippen LogP contribution in [0.5, 0.6) is 0 Å². The summed E-state index contributed by atoms with van der Waals surface area (Å²) in [6.07, 6.45) is 0.839. The van der Waals surface area contributed by atoms with Gasteiger partial charge in [-0.25, -0.2) is 0 Å². The van der Waals surface area contributed by atoms with Crippen LogP contribution in [0.3, 0.4) is 0 Å². The van der Waals surface area contributed by atoms with Gasteiger partial charge in [0.25, 0.3) is 0 Å². The standard InChI is InChI=1S/C16H14O3/c1-2-4-10-9(3-1)5-6-11-14(10)16-13(19-16)8-17-7-12-15(11)18-12/h1-6,12-13,15-16H,7-8H2. The van der Waals surface area contributed by atoms with Crippen molar-refractivity contribution in [3.8, 4) is 0 Å². The minimum absolute atomic E-state index is 0.184. The van der Waals surface area contributed by atoms with E-state index in [0.29, 0.717) is 13.2 Å². The first kappa shape index (κ1) is 10.4. The molecule has 0 aliphatic carbocycles. The van der Waals surface area contributed by atoms with Gasteiger partial charge in [-0.3, -0.25) is 0 Å². The molecule has 3 aliphatic heterocycles. The summed E-state index contributed by atoms with van der Waals surface area (Å²) in [6.45, 7) is 1.36. The molecule has 0 saturated carbocycles. The van der Waals surface area contributed by atoms with E-state index in [4.69, 9.17) is 14.2 Å². The van der Waals surface area contributed by atoms with Crippen molar-refractivity contribution < 1.29 is 14.2 Å². The highest BCUT2D eigenvalue weighted by atomic mass is 16.6. The molecule has 5 rings (SSSR count). The molecule has 2 fully saturated rings. The lowest BCUT2D eigenvalue weighted by molar-refractivity contribution is 0.102. The molecule has 0 amide bonds. The van der Waals surface area contributed by atoms with Crippen LogP contribution in [0.15, 0.2) is 36.4 Å². The molecule has 19 heavy (non-hydrogen) atoms. The van der Waals surface area contributed by atoms with Gasteiger partial charge < -0.3 is 14.2 Å². The quantitative estimate of drug-likeness (QED) is 0.678. The van der Waals surface area contributed by atoms with E-state index in [2.05, 4.69) is 36.4 Å². The summed E-state index contributed by atoms with van der Waals surface area (Å²) in [4.78, 5) is 0. The molecule has 3 heteroatoms. The summed E-state index contributed by atoms with van der Waals surface area (Å²) in [7, 11) is 0. The van der Waals surface area contributed by atoms with Crippen LogP contribution in [0.25, 0.3) is 10.8 Å². The van der Waals surface area contributed by atoms with E-state index < -0.39 is 0 Å². The fourth-order valence-corrected chi connectivity index (χ4v) is 3.25. The summed E-state index contributed by atoms with van der Waals surface area (Å²) >= 11 is 0. The van der Waals surface area contributed by atoms with Crippen molar-refractivity contribution in [3.05, 3.63) is 47.5 Å². The molecule has 2 aromatic rings. The van der Waals surface area contributed by atoms with E-state index in [1.165, 1.54) is 21.9 Å². The number of benzene rings is 2. The van der Waals surface area contributed by atoms with E-state index in [9.17, 15) is 0 Å². The third-order valence-electron chi connectivity index (χ3n) is 4.32. The third-order valence-corrected chi connectivity index (χ3v) is 4.32. The van der Waals surface area contributed by atoms with Crippen LogP contribution in [0.1, 0.15) is 23.3 Å². The van der Waals surface area contributed by atoms with Gasteiger partial charge in [-0.1, -0.05) is 36.4 Å². The summed E-state index contributed by atoms with van der Waals surface area (Å²) in [5.41, 5.74) is 2.61. The van der Waals surface area contributed by atoms with Gasteiger partial charge in [0, 0.05) is 0 Å². The van der Waals surface area contributed by atoms with Gasteiger partial charge in [-0.2, -0.15) is 0 Å². The predicted octanol–water partition coefficient (Wildman–Crippen LogP) is 2.75. The molecule has 0 N–H and O–H groups in total. The maximum Gasteiger partial charge on any atom is 0.113 e. The molecule has 0 aromatic heterocycles. The Bertz CT molecular complexity index is 666. The van der Waals surface area contributed by atoms with Crippen LogP contribution in [0.2, 0.25) is 0 Å². The van der Waals surface area contributed by atoms with Gasteiger partial charge in [0.05, 0.1) is 13.2 Å². The lowest BCUT2D eigenvalue weighted by Crippen LogP contribution is -2.06. The number of rotatable bonds is 0. The first-order valence-electron chi connectivity index (χ1n) is 6.82. The minimum Gasteiger partial charge on any atom is -0.376 e. The Labute approximate surface area is 111 Å². The molecule has 3 heterocycles. The summed E-state index contributed by atoms with van der Waals surface area (Å²) in [6, 6.07) is 12.9. The van der Waals surface area contributed by atoms with Crippen LogP contribution in [-0.2, 0) is 14.2 Å². The highest BCUT2D eigenvalue weighted by molar-refractivity contribution is 5.87. The Morgan fingerprint density at radius 1 is 0.842 bits per heavy atom. The van der Waals surface area contributed by atoms with E-state index in [-0.39, 0.29) is 24.4 Å². The summed E-state index contributed by atoms with van der Waals surface area (Å²) in [5, 5.41) is 2.57. The second kappa shape index (κ2) is 3.57. The molecule has 0 bridgehead atoms. The monoisotopic (exact) mass is 254 g/mol. The van der Waals surface area contributed by atoms with Gasteiger partial charge in [-0.05, 0) is 21.9 Å². The Morgan fingerprint density at radius 3 is 2.58 bits per heavy atom. The zero-order chi connectivity index (χ0) is 12.4. The second-order valence-corrected chi connectivity index (χ2v) is 5.52. The molecular weight excluding hydrogens is 240 g/mol. The Kier molecular flexibility index (Phi) is 1.95. The van der Waals surface area contributed by atoms with Crippen LogP contribution >= 0.6 is 0 Å². The zero-order valence-corrected chi connectivity index (χ0v) is 10.4. The molecular formula is C16H14O3. The number of fused-ring (bicyclic) bond motifs is 7. The fraction of sp³-hybridized carbons (Fsp3) is 0.375. The molecule has 4 unspecified atom stereocenters. The average Bonchev–Trinajstić information content (AvgIpc) is 3.34. The minimum atomic E-state index is 0.184. The zero-order valence-electron chi connectivity index (χ0n) is 10.4. The number of ether oxygens (including phenoxy) is 3. The van der Waals surface area contributed by atoms with Crippen LogP contribution in [0.4, 0.5) is 0 Å². The predicted molar refractivity (Wildman–Crippen MR) is 70.0 cm³/mol. The van der Waals surface area contributed by atoms with E-state index in [0.717, 1.165) is 0 Å². The van der Waals surface area contributed by atoms with Gasteiger partial charge in [-0.15, -0.1) is 0 Å². The summed E-state index contributed by atoms with van der Waals surface area (Å²) < 4.78 is 17.2. The number of hydrogen-bond donors (Lipinski definition) is 0. The van der Waals surface area contributed by atoms with Crippen molar-refractivity contribution in [1.82, 2.24) is 0 Å². The van der Waals surface area contributed by atoms with Crippen molar-refractivity contribution in [1.29, 1.82) is 0 Å². The van der Waals surface area contributed by atoms with Crippen molar-refractivity contribution in [2.24, 2.45) is 0 Å². The largest absolute Gasteiger partial charge is 0.376 e. The first-order valence-corrected chi connectivity index (χ1v) is 6.82. The molecule has 96 valence electrons. The third kappa shape index (κ3) is 1.49. The average molecular weight is 254 g/mol. The Morgan fingerprint density at radius 2 is 1.63 bits per heavy atom. The lowest BCUT2D eigenvalue weighted by atomic mass is 9.93. The molecule has 2 aromatic carbocycles. The SMILES string of the molecule is c1ccc2c3c(ccc2c1)C1OC1COCC1OC31. The molecule has 4 atom stereocenters. The summed E-state index contributed by atoms with van der Waals surface area (Å²) in [5.74, 6) is 0. The van der Waals surface area contributed by atoms with Gasteiger partial charge in [0.2, 0.25) is 0 Å². The maximum absolute atomic E-state index is 5.81. The number of hydrogen-bond acceptors (Lipinski definition) is 3. The smallest absolute Gasteiger partial charge is 0.113 e. The second-order valence-electron chi connectivity index (χ2n) is 5.52. The normalized spacial score (nSPS) is 35.4. The first-order chi connectivity index (χ1) is 9.42. The molecule has 2 saturated heterocycles. The fourth-order valence-electron chi connectivity index (χ4n) is 3.25. The number of epoxide rings is 2. The van der Waals surface area contributed by atoms with Crippen molar-refractivity contribution in [2.45, 2.75) is 24.4 Å². The van der Waals surface area contributed by atoms with Crippen LogP contribution in [0, 0.1) is 0 Å². The molecule has 0 radical (unpaired) electrons. The van der Waals surface area contributed by atoms with Gasteiger partial charge >= 0.3 is 0 Å². The topological polar surface area (TPSA) is 34.3 Å². The highest BCUT2D eigenvalue weighted by Crippen LogP contribution is 2.51. The van der Waals surface area contributed by atoms with Crippen molar-refractivity contribution in [2.75, 3.05) is 13.2 Å². The Hall–Kier alpha value is -1.42. The molecule has 3 nitrogen and oxygen atoms in total. The lowest BCUT2D eigenvalue weighted by Gasteiger charge is -2.09. The maximum atomic E-state index is 5.81. The Balaban J connectivity index is 1.76. The van der Waals surface area contributed by atoms with Crippen LogP contribution < -0.4 is 0 Å². The van der Waals surface area contributed by atoms with E-state index in [1.54, 1.807) is 0 Å². The molecule has 0 spiro atoms. The van der Waals surface area contributed by atoms with E-state index in [1.807, 2.05) is 0 Å². The highest BCUT2D eigenvalue weighted by Gasteiger charge is 2.50.